The van der Waals surface area contributed by atoms with Gasteiger partial charge in [-0.15, -0.1) is 0 Å². The van der Waals surface area contributed by atoms with Crippen LogP contribution in [0.1, 0.15) is 6.42 Å². The highest BCUT2D eigenvalue weighted by molar-refractivity contribution is 5.22. The molecule has 3 heteroatoms. The topological polar surface area (TPSA) is 35.2 Å². The van der Waals surface area contributed by atoms with E-state index in [0.29, 0.717) is 24.3 Å². The Morgan fingerprint density at radius 2 is 2.00 bits per heavy atom. The summed E-state index contributed by atoms with van der Waals surface area (Å²) in [6.45, 7) is 0.646. The van der Waals surface area contributed by atoms with E-state index in [2.05, 4.69) is 0 Å². The van der Waals surface area contributed by atoms with Gasteiger partial charge in [0.15, 0.2) is 0 Å². The molecule has 2 rings (SSSR count). The van der Waals surface area contributed by atoms with E-state index in [-0.39, 0.29) is 5.82 Å². The third kappa shape index (κ3) is 2.18. The Kier molecular flexibility index (Phi) is 2.19. The molecule has 1 aliphatic rings. The summed E-state index contributed by atoms with van der Waals surface area (Å²) in [6, 6.07) is 6.34. The average molecular weight is 181 g/mol. The van der Waals surface area contributed by atoms with Gasteiger partial charge < -0.3 is 10.5 Å². The van der Waals surface area contributed by atoms with Gasteiger partial charge in [0.1, 0.15) is 11.6 Å². The van der Waals surface area contributed by atoms with Crippen molar-refractivity contribution >= 4 is 0 Å². The highest BCUT2D eigenvalue weighted by Gasteiger charge is 2.33. The second kappa shape index (κ2) is 3.34. The Morgan fingerprint density at radius 1 is 1.38 bits per heavy atom. The lowest BCUT2D eigenvalue weighted by Gasteiger charge is -2.04. The van der Waals surface area contributed by atoms with Crippen molar-refractivity contribution in [1.82, 2.24) is 0 Å². The highest BCUT2D eigenvalue weighted by Crippen LogP contribution is 2.28. The lowest BCUT2D eigenvalue weighted by Crippen LogP contribution is -2.08. The van der Waals surface area contributed by atoms with E-state index in [1.807, 2.05) is 0 Å². The van der Waals surface area contributed by atoms with Gasteiger partial charge >= 0.3 is 0 Å². The summed E-state index contributed by atoms with van der Waals surface area (Å²) in [5.74, 6) is 0.959. The number of benzene rings is 1. The predicted octanol–water partition coefficient (Wildman–Crippen LogP) is 1.55. The molecule has 1 saturated carbocycles. The summed E-state index contributed by atoms with van der Waals surface area (Å²) in [5, 5.41) is 0. The Balaban J connectivity index is 1.84. The first-order chi connectivity index (χ1) is 6.25. The number of rotatable bonds is 3. The normalized spacial score (nSPS) is 25.7. The molecule has 0 radical (unpaired) electrons. The molecule has 2 unspecified atom stereocenters. The van der Waals surface area contributed by atoms with Crippen LogP contribution >= 0.6 is 0 Å². The predicted molar refractivity (Wildman–Crippen MR) is 48.0 cm³/mol. The molecule has 0 spiro atoms. The van der Waals surface area contributed by atoms with Crippen molar-refractivity contribution in [3.8, 4) is 5.75 Å². The van der Waals surface area contributed by atoms with Crippen LogP contribution in [-0.2, 0) is 0 Å². The Hall–Kier alpha value is -1.09. The molecular weight excluding hydrogens is 169 g/mol. The quantitative estimate of drug-likeness (QED) is 0.767. The molecule has 0 bridgehead atoms. The second-order valence-electron chi connectivity index (χ2n) is 3.42. The number of ether oxygens (including phenoxy) is 1. The summed E-state index contributed by atoms with van der Waals surface area (Å²) < 4.78 is 17.9. The van der Waals surface area contributed by atoms with Crippen molar-refractivity contribution in [2.45, 2.75) is 12.5 Å². The molecule has 0 heterocycles. The van der Waals surface area contributed by atoms with Crippen molar-refractivity contribution in [2.24, 2.45) is 11.7 Å². The number of hydrogen-bond acceptors (Lipinski definition) is 2. The Bertz CT molecular complexity index is 285. The minimum absolute atomic E-state index is 0.240. The summed E-state index contributed by atoms with van der Waals surface area (Å²) in [5.41, 5.74) is 5.61. The van der Waals surface area contributed by atoms with Gasteiger partial charge in [0.05, 0.1) is 6.61 Å². The van der Waals surface area contributed by atoms with Crippen molar-refractivity contribution in [3.63, 3.8) is 0 Å². The summed E-state index contributed by atoms with van der Waals surface area (Å²) in [7, 11) is 0. The van der Waals surface area contributed by atoms with Gasteiger partial charge in [-0.05, 0) is 30.7 Å². The molecule has 1 aromatic rings. The molecule has 70 valence electrons. The van der Waals surface area contributed by atoms with Gasteiger partial charge in [-0.3, -0.25) is 0 Å². The lowest BCUT2D eigenvalue weighted by atomic mass is 10.3. The van der Waals surface area contributed by atoms with E-state index in [0.717, 1.165) is 6.42 Å². The first-order valence-electron chi connectivity index (χ1n) is 4.39. The van der Waals surface area contributed by atoms with Crippen LogP contribution in [-0.4, -0.2) is 12.6 Å². The fourth-order valence-corrected chi connectivity index (χ4v) is 1.20. The van der Waals surface area contributed by atoms with Crippen molar-refractivity contribution < 1.29 is 9.13 Å². The van der Waals surface area contributed by atoms with Gasteiger partial charge in [-0.25, -0.2) is 4.39 Å². The smallest absolute Gasteiger partial charge is 0.123 e. The van der Waals surface area contributed by atoms with Crippen LogP contribution in [0.5, 0.6) is 5.75 Å². The Labute approximate surface area is 76.5 Å². The molecular formula is C10H12FNO. The van der Waals surface area contributed by atoms with E-state index >= 15 is 0 Å². The zero-order valence-electron chi connectivity index (χ0n) is 7.24. The maximum atomic E-state index is 12.5. The molecule has 0 saturated heterocycles. The van der Waals surface area contributed by atoms with Crippen molar-refractivity contribution in [2.75, 3.05) is 6.61 Å². The van der Waals surface area contributed by atoms with Crippen molar-refractivity contribution in [1.29, 1.82) is 0 Å². The number of nitrogens with two attached hydrogens (primary N) is 1. The van der Waals surface area contributed by atoms with Gasteiger partial charge in [-0.2, -0.15) is 0 Å². The van der Waals surface area contributed by atoms with E-state index in [1.165, 1.54) is 12.1 Å². The zero-order chi connectivity index (χ0) is 9.26. The summed E-state index contributed by atoms with van der Waals surface area (Å²) >= 11 is 0. The second-order valence-corrected chi connectivity index (χ2v) is 3.42. The fraction of sp³-hybridized carbons (Fsp3) is 0.400. The Morgan fingerprint density at radius 3 is 2.54 bits per heavy atom. The standard InChI is InChI=1S/C10H12FNO/c11-8-1-3-9(4-2-8)13-6-7-5-10(7)12/h1-4,7,10H,5-6,12H2. The van der Waals surface area contributed by atoms with Crippen LogP contribution < -0.4 is 10.5 Å². The molecule has 0 aliphatic heterocycles. The summed E-state index contributed by atoms with van der Waals surface area (Å²) in [4.78, 5) is 0. The maximum absolute atomic E-state index is 12.5. The molecule has 2 nitrogen and oxygen atoms in total. The van der Waals surface area contributed by atoms with Crippen LogP contribution in [0, 0.1) is 11.7 Å². The first kappa shape index (κ1) is 8.51. The zero-order valence-corrected chi connectivity index (χ0v) is 7.24. The van der Waals surface area contributed by atoms with Crippen LogP contribution in [0.2, 0.25) is 0 Å². The number of halogens is 1. The van der Waals surface area contributed by atoms with Gasteiger partial charge in [0.25, 0.3) is 0 Å². The monoisotopic (exact) mass is 181 g/mol. The molecule has 2 atom stereocenters. The van der Waals surface area contributed by atoms with Crippen LogP contribution in [0.4, 0.5) is 4.39 Å². The van der Waals surface area contributed by atoms with E-state index in [4.69, 9.17) is 10.5 Å². The van der Waals surface area contributed by atoms with Gasteiger partial charge in [0, 0.05) is 12.0 Å². The minimum atomic E-state index is -0.240. The minimum Gasteiger partial charge on any atom is -0.493 e. The SMILES string of the molecule is NC1CC1COc1ccc(F)cc1. The van der Waals surface area contributed by atoms with Crippen LogP contribution in [0.3, 0.4) is 0 Å². The largest absolute Gasteiger partial charge is 0.493 e. The van der Waals surface area contributed by atoms with E-state index in [1.54, 1.807) is 12.1 Å². The molecule has 0 amide bonds. The molecule has 0 aromatic heterocycles. The van der Waals surface area contributed by atoms with Gasteiger partial charge in [-0.1, -0.05) is 0 Å². The molecule has 2 N–H and O–H groups in total. The molecule has 1 fully saturated rings. The maximum Gasteiger partial charge on any atom is 0.123 e. The average Bonchev–Trinajstić information content (AvgIpc) is 2.81. The summed E-state index contributed by atoms with van der Waals surface area (Å²) in [6.07, 6.45) is 1.04. The number of hydrogen-bond donors (Lipinski definition) is 1. The van der Waals surface area contributed by atoms with Gasteiger partial charge in [0.2, 0.25) is 0 Å². The van der Waals surface area contributed by atoms with Crippen LogP contribution in [0.15, 0.2) is 24.3 Å². The van der Waals surface area contributed by atoms with Crippen LogP contribution in [0.25, 0.3) is 0 Å². The van der Waals surface area contributed by atoms with E-state index < -0.39 is 0 Å². The third-order valence-electron chi connectivity index (χ3n) is 2.25. The first-order valence-corrected chi connectivity index (χ1v) is 4.39. The lowest BCUT2D eigenvalue weighted by molar-refractivity contribution is 0.296. The third-order valence-corrected chi connectivity index (χ3v) is 2.25. The van der Waals surface area contributed by atoms with Crippen molar-refractivity contribution in [3.05, 3.63) is 30.1 Å². The van der Waals surface area contributed by atoms with E-state index in [9.17, 15) is 4.39 Å². The highest BCUT2D eigenvalue weighted by atomic mass is 19.1. The fourth-order valence-electron chi connectivity index (χ4n) is 1.20. The molecule has 13 heavy (non-hydrogen) atoms. The molecule has 1 aromatic carbocycles. The molecule has 1 aliphatic carbocycles.